The van der Waals surface area contributed by atoms with Crippen molar-refractivity contribution in [3.63, 3.8) is 0 Å². The largest absolute Gasteiger partial charge is 0.360 e. The molecule has 3 N–H and O–H groups in total. The molecule has 1 aromatic heterocycles. The molecule has 0 saturated carbocycles. The number of fused-ring (bicyclic) bond motifs is 1. The van der Waals surface area contributed by atoms with Gasteiger partial charge < -0.3 is 15.6 Å². The number of nitrogens with zero attached hydrogens (tertiary/aromatic N) is 1. The molecule has 4 aromatic rings. The maximum absolute atomic E-state index is 13.8. The molecule has 4 rings (SSSR count). The molecule has 3 aromatic carbocycles. The first-order valence-electron chi connectivity index (χ1n) is 11.7. The second-order valence-electron chi connectivity index (χ2n) is 8.57. The van der Waals surface area contributed by atoms with Crippen molar-refractivity contribution < 1.29 is 9.59 Å². The van der Waals surface area contributed by atoms with Gasteiger partial charge in [0.25, 0.3) is 5.91 Å². The molecular formula is C29H28N4O2. The SMILES string of the molecule is CCNC(=O)c1ccc2c(C(=O)[C@@H](NC[C@H](C)c3ccc(C#N)cc3)c3ccccc3)c[nH]c2c1. The Morgan fingerprint density at radius 1 is 1.00 bits per heavy atom. The molecule has 6 nitrogen and oxygen atoms in total. The van der Waals surface area contributed by atoms with Crippen molar-refractivity contribution in [2.75, 3.05) is 13.1 Å². The first-order chi connectivity index (χ1) is 17.0. The second kappa shape index (κ2) is 10.8. The highest BCUT2D eigenvalue weighted by atomic mass is 16.1. The molecule has 0 fully saturated rings. The van der Waals surface area contributed by atoms with Crippen LogP contribution in [-0.4, -0.2) is 29.8 Å². The predicted octanol–water partition coefficient (Wildman–Crippen LogP) is 5.11. The second-order valence-corrected chi connectivity index (χ2v) is 8.57. The van der Waals surface area contributed by atoms with Crippen LogP contribution in [0.2, 0.25) is 0 Å². The van der Waals surface area contributed by atoms with Crippen molar-refractivity contribution >= 4 is 22.6 Å². The number of aromatic nitrogens is 1. The molecule has 0 radical (unpaired) electrons. The van der Waals surface area contributed by atoms with E-state index in [1.165, 1.54) is 0 Å². The number of carbonyl (C=O) groups is 2. The summed E-state index contributed by atoms with van der Waals surface area (Å²) < 4.78 is 0. The van der Waals surface area contributed by atoms with Crippen LogP contribution < -0.4 is 10.6 Å². The van der Waals surface area contributed by atoms with Crippen LogP contribution in [0.1, 0.15) is 63.2 Å². The van der Waals surface area contributed by atoms with E-state index in [0.717, 1.165) is 22.0 Å². The van der Waals surface area contributed by atoms with Gasteiger partial charge in [-0.15, -0.1) is 0 Å². The van der Waals surface area contributed by atoms with E-state index in [0.29, 0.717) is 29.8 Å². The van der Waals surface area contributed by atoms with Gasteiger partial charge in [-0.2, -0.15) is 5.26 Å². The standard InChI is InChI=1S/C29H28N4O2/c1-3-31-29(35)23-13-14-24-25(18-32-26(24)15-23)28(34)27(22-7-5-4-6-8-22)33-17-19(2)21-11-9-20(16-30)10-12-21/h4-15,18-19,27,32-33H,3,17H2,1-2H3,(H,31,35)/t19-,27-/m0/s1. The Morgan fingerprint density at radius 2 is 1.74 bits per heavy atom. The van der Waals surface area contributed by atoms with E-state index in [2.05, 4.69) is 28.6 Å². The van der Waals surface area contributed by atoms with Gasteiger partial charge in [0.1, 0.15) is 0 Å². The smallest absolute Gasteiger partial charge is 0.251 e. The van der Waals surface area contributed by atoms with Crippen molar-refractivity contribution in [2.45, 2.75) is 25.8 Å². The van der Waals surface area contributed by atoms with E-state index in [1.54, 1.807) is 18.3 Å². The number of carbonyl (C=O) groups excluding carboxylic acids is 2. The zero-order chi connectivity index (χ0) is 24.8. The van der Waals surface area contributed by atoms with Gasteiger partial charge >= 0.3 is 0 Å². The fourth-order valence-electron chi connectivity index (χ4n) is 4.20. The summed E-state index contributed by atoms with van der Waals surface area (Å²) in [5, 5.41) is 16.1. The Kier molecular flexibility index (Phi) is 7.39. The van der Waals surface area contributed by atoms with E-state index in [4.69, 9.17) is 5.26 Å². The minimum Gasteiger partial charge on any atom is -0.360 e. The molecule has 2 atom stereocenters. The molecule has 0 aliphatic rings. The van der Waals surface area contributed by atoms with Gasteiger partial charge in [0.15, 0.2) is 5.78 Å². The zero-order valence-electron chi connectivity index (χ0n) is 19.8. The minimum atomic E-state index is -0.529. The van der Waals surface area contributed by atoms with Crippen LogP contribution in [-0.2, 0) is 0 Å². The van der Waals surface area contributed by atoms with E-state index in [-0.39, 0.29) is 17.6 Å². The van der Waals surface area contributed by atoms with Crippen LogP contribution in [0.15, 0.2) is 79.0 Å². The summed E-state index contributed by atoms with van der Waals surface area (Å²) in [6.45, 7) is 5.10. The Labute approximate surface area is 205 Å². The molecule has 0 unspecified atom stereocenters. The lowest BCUT2D eigenvalue weighted by molar-refractivity contribution is 0.0940. The number of aromatic amines is 1. The number of nitrogens with one attached hydrogen (secondary N) is 3. The van der Waals surface area contributed by atoms with Crippen LogP contribution >= 0.6 is 0 Å². The zero-order valence-corrected chi connectivity index (χ0v) is 19.8. The Morgan fingerprint density at radius 3 is 2.43 bits per heavy atom. The number of Topliss-reactive ketones (excluding diaryl/α,β-unsaturated/α-hetero) is 1. The van der Waals surface area contributed by atoms with Gasteiger partial charge in [0, 0.05) is 41.3 Å². The molecule has 0 aliphatic heterocycles. The lowest BCUT2D eigenvalue weighted by atomic mass is 9.95. The lowest BCUT2D eigenvalue weighted by Gasteiger charge is -2.21. The number of amides is 1. The lowest BCUT2D eigenvalue weighted by Crippen LogP contribution is -2.31. The number of hydrogen-bond donors (Lipinski definition) is 3. The summed E-state index contributed by atoms with van der Waals surface area (Å²) in [4.78, 5) is 29.1. The Balaban J connectivity index is 1.59. The molecular weight excluding hydrogens is 436 g/mol. The van der Waals surface area contributed by atoms with Crippen LogP contribution in [0.3, 0.4) is 0 Å². The fraction of sp³-hybridized carbons (Fsp3) is 0.207. The normalized spacial score (nSPS) is 12.6. The van der Waals surface area contributed by atoms with E-state index >= 15 is 0 Å². The van der Waals surface area contributed by atoms with Crippen LogP contribution in [0.5, 0.6) is 0 Å². The maximum Gasteiger partial charge on any atom is 0.251 e. The summed E-state index contributed by atoms with van der Waals surface area (Å²) in [7, 11) is 0. The van der Waals surface area contributed by atoms with Crippen molar-refractivity contribution in [1.82, 2.24) is 15.6 Å². The molecule has 1 heterocycles. The quantitative estimate of drug-likeness (QED) is 0.300. The average Bonchev–Trinajstić information content (AvgIpc) is 3.32. The molecule has 0 bridgehead atoms. The van der Waals surface area contributed by atoms with Gasteiger partial charge in [-0.25, -0.2) is 0 Å². The first-order valence-corrected chi connectivity index (χ1v) is 11.7. The number of rotatable bonds is 9. The third-order valence-corrected chi connectivity index (χ3v) is 6.18. The fourth-order valence-corrected chi connectivity index (χ4v) is 4.20. The topological polar surface area (TPSA) is 97.8 Å². The first kappa shape index (κ1) is 23.9. The van der Waals surface area contributed by atoms with E-state index in [9.17, 15) is 9.59 Å². The van der Waals surface area contributed by atoms with Crippen molar-refractivity contribution in [3.8, 4) is 6.07 Å². The third-order valence-electron chi connectivity index (χ3n) is 6.18. The highest BCUT2D eigenvalue weighted by molar-refractivity contribution is 6.11. The molecule has 176 valence electrons. The van der Waals surface area contributed by atoms with Crippen LogP contribution in [0, 0.1) is 11.3 Å². The highest BCUT2D eigenvalue weighted by Crippen LogP contribution is 2.26. The van der Waals surface area contributed by atoms with Gasteiger partial charge in [-0.05, 0) is 48.2 Å². The summed E-state index contributed by atoms with van der Waals surface area (Å²) in [5.74, 6) is -0.0397. The maximum atomic E-state index is 13.8. The molecule has 6 heteroatoms. The van der Waals surface area contributed by atoms with Crippen molar-refractivity contribution in [3.05, 3.63) is 107 Å². The number of hydrogen-bond acceptors (Lipinski definition) is 4. The van der Waals surface area contributed by atoms with Crippen LogP contribution in [0.4, 0.5) is 0 Å². The molecule has 0 spiro atoms. The Hall–Kier alpha value is -4.21. The summed E-state index contributed by atoms with van der Waals surface area (Å²) in [6, 6.07) is 24.2. The summed E-state index contributed by atoms with van der Waals surface area (Å²) in [5.41, 5.74) is 4.48. The van der Waals surface area contributed by atoms with E-state index < -0.39 is 6.04 Å². The monoisotopic (exact) mass is 464 g/mol. The predicted molar refractivity (Wildman–Crippen MR) is 137 cm³/mol. The van der Waals surface area contributed by atoms with Gasteiger partial charge in [-0.1, -0.05) is 55.5 Å². The van der Waals surface area contributed by atoms with Crippen LogP contribution in [0.25, 0.3) is 10.9 Å². The molecule has 35 heavy (non-hydrogen) atoms. The van der Waals surface area contributed by atoms with Crippen molar-refractivity contribution in [2.24, 2.45) is 0 Å². The molecule has 1 amide bonds. The third kappa shape index (κ3) is 5.32. The number of benzene rings is 3. The summed E-state index contributed by atoms with van der Waals surface area (Å²) >= 11 is 0. The summed E-state index contributed by atoms with van der Waals surface area (Å²) in [6.07, 6.45) is 1.72. The van der Waals surface area contributed by atoms with E-state index in [1.807, 2.05) is 67.6 Å². The van der Waals surface area contributed by atoms with Gasteiger partial charge in [-0.3, -0.25) is 9.59 Å². The molecule has 0 aliphatic carbocycles. The number of ketones is 1. The minimum absolute atomic E-state index is 0.0414. The average molecular weight is 465 g/mol. The molecule has 0 saturated heterocycles. The van der Waals surface area contributed by atoms with Crippen molar-refractivity contribution in [1.29, 1.82) is 5.26 Å². The van der Waals surface area contributed by atoms with Gasteiger partial charge in [0.2, 0.25) is 0 Å². The Bertz CT molecular complexity index is 1370. The number of nitriles is 1. The number of H-pyrrole nitrogens is 1. The van der Waals surface area contributed by atoms with Gasteiger partial charge in [0.05, 0.1) is 17.7 Å². The highest BCUT2D eigenvalue weighted by Gasteiger charge is 2.25.